The van der Waals surface area contributed by atoms with E-state index in [1.165, 1.54) is 42.4 Å². The summed E-state index contributed by atoms with van der Waals surface area (Å²) in [7, 11) is 0. The van der Waals surface area contributed by atoms with Gasteiger partial charge in [-0.1, -0.05) is 31.4 Å². The van der Waals surface area contributed by atoms with Gasteiger partial charge in [0.1, 0.15) is 5.82 Å². The molecule has 0 aliphatic heterocycles. The molecule has 4 nitrogen and oxygen atoms in total. The number of fused-ring (bicyclic) bond motifs is 1. The van der Waals surface area contributed by atoms with Crippen LogP contribution in [0.2, 0.25) is 0 Å². The number of thiophene rings is 1. The third-order valence-electron chi connectivity index (χ3n) is 4.51. The van der Waals surface area contributed by atoms with Gasteiger partial charge in [0, 0.05) is 19.1 Å². The highest BCUT2D eigenvalue weighted by Crippen LogP contribution is 2.33. The third kappa shape index (κ3) is 3.61. The highest BCUT2D eigenvalue weighted by Gasteiger charge is 2.19. The van der Waals surface area contributed by atoms with Gasteiger partial charge in [-0.2, -0.15) is 4.98 Å². The summed E-state index contributed by atoms with van der Waals surface area (Å²) in [4.78, 5) is 11.8. The standard InChI is InChI=1S/C19H26N4S/c1-4-11-23(12-5-2)19-21-16-14(3)13-24-17(16)18(22-19)20-15-9-7-6-8-10-15/h4-5,13,15H,1-2,6-12H2,3H3,(H,20,21,22). The van der Waals surface area contributed by atoms with Crippen LogP contribution in [0, 0.1) is 6.92 Å². The molecule has 24 heavy (non-hydrogen) atoms. The maximum Gasteiger partial charge on any atom is 0.228 e. The summed E-state index contributed by atoms with van der Waals surface area (Å²) in [6.07, 6.45) is 10.2. The van der Waals surface area contributed by atoms with Crippen LogP contribution in [0.4, 0.5) is 11.8 Å². The molecule has 0 amide bonds. The maximum atomic E-state index is 4.86. The lowest BCUT2D eigenvalue weighted by molar-refractivity contribution is 0.462. The van der Waals surface area contributed by atoms with E-state index < -0.39 is 0 Å². The second kappa shape index (κ2) is 7.79. The van der Waals surface area contributed by atoms with Gasteiger partial charge in [-0.25, -0.2) is 4.98 Å². The van der Waals surface area contributed by atoms with Gasteiger partial charge in [-0.3, -0.25) is 0 Å². The molecule has 0 unspecified atom stereocenters. The Kier molecular flexibility index (Phi) is 5.51. The van der Waals surface area contributed by atoms with Crippen molar-refractivity contribution >= 4 is 33.3 Å². The monoisotopic (exact) mass is 342 g/mol. The van der Waals surface area contributed by atoms with Crippen LogP contribution in [0.5, 0.6) is 0 Å². The number of nitrogens with zero attached hydrogens (tertiary/aromatic N) is 3. The van der Waals surface area contributed by atoms with Gasteiger partial charge in [0.2, 0.25) is 5.95 Å². The molecule has 0 saturated heterocycles. The number of aryl methyl sites for hydroxylation is 1. The Hall–Kier alpha value is -1.88. The van der Waals surface area contributed by atoms with Crippen molar-refractivity contribution in [2.24, 2.45) is 0 Å². The van der Waals surface area contributed by atoms with Crippen LogP contribution in [0.15, 0.2) is 30.7 Å². The van der Waals surface area contributed by atoms with E-state index in [0.717, 1.165) is 17.3 Å². The fourth-order valence-corrected chi connectivity index (χ4v) is 4.19. The van der Waals surface area contributed by atoms with E-state index in [2.05, 4.69) is 35.7 Å². The molecule has 0 aromatic carbocycles. The number of nitrogens with one attached hydrogen (secondary N) is 1. The fourth-order valence-electron chi connectivity index (χ4n) is 3.25. The molecule has 5 heteroatoms. The van der Waals surface area contributed by atoms with Crippen molar-refractivity contribution in [3.05, 3.63) is 36.3 Å². The van der Waals surface area contributed by atoms with E-state index in [0.29, 0.717) is 19.1 Å². The predicted octanol–water partition coefficient (Wildman–Crippen LogP) is 4.92. The van der Waals surface area contributed by atoms with Gasteiger partial charge >= 0.3 is 0 Å². The molecule has 2 aromatic heterocycles. The lowest BCUT2D eigenvalue weighted by atomic mass is 9.95. The lowest BCUT2D eigenvalue weighted by Crippen LogP contribution is -2.27. The van der Waals surface area contributed by atoms with Crippen molar-refractivity contribution in [2.75, 3.05) is 23.3 Å². The summed E-state index contributed by atoms with van der Waals surface area (Å²) in [5.74, 6) is 1.74. The van der Waals surface area contributed by atoms with Crippen LogP contribution in [0.3, 0.4) is 0 Å². The molecular formula is C19H26N4S. The van der Waals surface area contributed by atoms with Gasteiger partial charge < -0.3 is 10.2 Å². The number of rotatable bonds is 7. The average molecular weight is 343 g/mol. The van der Waals surface area contributed by atoms with Crippen molar-refractivity contribution < 1.29 is 0 Å². The normalized spacial score (nSPS) is 15.4. The molecule has 2 heterocycles. The number of aromatic nitrogens is 2. The first-order chi connectivity index (χ1) is 11.7. The summed E-state index contributed by atoms with van der Waals surface area (Å²) in [5, 5.41) is 5.86. The Morgan fingerprint density at radius 3 is 2.58 bits per heavy atom. The molecule has 1 fully saturated rings. The predicted molar refractivity (Wildman–Crippen MR) is 105 cm³/mol. The van der Waals surface area contributed by atoms with Gasteiger partial charge in [0.15, 0.2) is 0 Å². The van der Waals surface area contributed by atoms with Gasteiger partial charge in [0.25, 0.3) is 0 Å². The highest BCUT2D eigenvalue weighted by atomic mass is 32.1. The quantitative estimate of drug-likeness (QED) is 0.725. The van der Waals surface area contributed by atoms with Crippen molar-refractivity contribution in [3.63, 3.8) is 0 Å². The van der Waals surface area contributed by atoms with E-state index >= 15 is 0 Å². The van der Waals surface area contributed by atoms with Crippen LogP contribution >= 0.6 is 11.3 Å². The molecule has 128 valence electrons. The minimum atomic E-state index is 0.527. The van der Waals surface area contributed by atoms with Crippen LogP contribution < -0.4 is 10.2 Å². The summed E-state index contributed by atoms with van der Waals surface area (Å²) in [6.45, 7) is 11.2. The van der Waals surface area contributed by atoms with E-state index in [1.54, 1.807) is 11.3 Å². The molecule has 0 spiro atoms. The molecule has 0 atom stereocenters. The first kappa shape index (κ1) is 17.0. The van der Waals surface area contributed by atoms with Crippen LogP contribution in [0.1, 0.15) is 37.7 Å². The Balaban J connectivity index is 1.98. The van der Waals surface area contributed by atoms with E-state index in [1.807, 2.05) is 12.2 Å². The zero-order valence-electron chi connectivity index (χ0n) is 14.4. The molecule has 3 rings (SSSR count). The van der Waals surface area contributed by atoms with E-state index in [9.17, 15) is 0 Å². The van der Waals surface area contributed by atoms with E-state index in [-0.39, 0.29) is 0 Å². The van der Waals surface area contributed by atoms with Crippen molar-refractivity contribution in [2.45, 2.75) is 45.1 Å². The maximum absolute atomic E-state index is 4.86. The summed E-state index contributed by atoms with van der Waals surface area (Å²) < 4.78 is 1.17. The summed E-state index contributed by atoms with van der Waals surface area (Å²) in [5.41, 5.74) is 2.27. The van der Waals surface area contributed by atoms with Crippen LogP contribution in [0.25, 0.3) is 10.2 Å². The zero-order chi connectivity index (χ0) is 16.9. The molecule has 0 radical (unpaired) electrons. The molecule has 1 saturated carbocycles. The van der Waals surface area contributed by atoms with Crippen LogP contribution in [-0.4, -0.2) is 29.1 Å². The largest absolute Gasteiger partial charge is 0.366 e. The van der Waals surface area contributed by atoms with Crippen LogP contribution in [-0.2, 0) is 0 Å². The van der Waals surface area contributed by atoms with Crippen molar-refractivity contribution in [3.8, 4) is 0 Å². The molecule has 1 aliphatic rings. The molecular weight excluding hydrogens is 316 g/mol. The average Bonchev–Trinajstić information content (AvgIpc) is 2.97. The first-order valence-corrected chi connectivity index (χ1v) is 9.60. The molecule has 2 aromatic rings. The minimum absolute atomic E-state index is 0.527. The van der Waals surface area contributed by atoms with Crippen molar-refractivity contribution in [1.29, 1.82) is 0 Å². The number of hydrogen-bond acceptors (Lipinski definition) is 5. The minimum Gasteiger partial charge on any atom is -0.366 e. The summed E-state index contributed by atoms with van der Waals surface area (Å²) >= 11 is 1.73. The Morgan fingerprint density at radius 1 is 1.21 bits per heavy atom. The first-order valence-electron chi connectivity index (χ1n) is 8.72. The smallest absolute Gasteiger partial charge is 0.228 e. The zero-order valence-corrected chi connectivity index (χ0v) is 15.2. The molecule has 1 N–H and O–H groups in total. The molecule has 1 aliphatic carbocycles. The number of anilines is 2. The second-order valence-corrected chi connectivity index (χ2v) is 7.31. The Morgan fingerprint density at radius 2 is 1.92 bits per heavy atom. The topological polar surface area (TPSA) is 41.1 Å². The highest BCUT2D eigenvalue weighted by molar-refractivity contribution is 7.18. The Bertz CT molecular complexity index is 705. The summed E-state index contributed by atoms with van der Waals surface area (Å²) in [6, 6.07) is 0.527. The van der Waals surface area contributed by atoms with Gasteiger partial charge in [-0.05, 0) is 30.7 Å². The van der Waals surface area contributed by atoms with Gasteiger partial charge in [-0.15, -0.1) is 24.5 Å². The van der Waals surface area contributed by atoms with Gasteiger partial charge in [0.05, 0.1) is 10.2 Å². The number of hydrogen-bond donors (Lipinski definition) is 1. The van der Waals surface area contributed by atoms with Crippen molar-refractivity contribution in [1.82, 2.24) is 9.97 Å². The SMILES string of the molecule is C=CCN(CC=C)c1nc(NC2CCCCC2)c2scc(C)c2n1. The Labute approximate surface area is 148 Å². The lowest BCUT2D eigenvalue weighted by Gasteiger charge is -2.25. The second-order valence-electron chi connectivity index (χ2n) is 6.43. The van der Waals surface area contributed by atoms with E-state index in [4.69, 9.17) is 9.97 Å². The molecule has 0 bridgehead atoms. The third-order valence-corrected chi connectivity index (χ3v) is 5.60. The fraction of sp³-hybridized carbons (Fsp3) is 0.474.